The molecule has 0 aliphatic carbocycles. The van der Waals surface area contributed by atoms with Gasteiger partial charge in [-0.15, -0.1) is 0 Å². The van der Waals surface area contributed by atoms with Crippen LogP contribution in [0, 0.1) is 0 Å². The molecule has 1 aromatic heterocycles. The second kappa shape index (κ2) is 10.6. The molecule has 1 amide bonds. The molecule has 2 N–H and O–H groups in total. The van der Waals surface area contributed by atoms with Gasteiger partial charge in [-0.3, -0.25) is 4.79 Å². The van der Waals surface area contributed by atoms with Crippen LogP contribution in [-0.2, 0) is 11.3 Å². The van der Waals surface area contributed by atoms with Crippen molar-refractivity contribution < 1.29 is 18.7 Å². The number of nitrogens with one attached hydrogen (secondary N) is 2. The summed E-state index contributed by atoms with van der Waals surface area (Å²) in [6.07, 6.45) is 3.05. The number of carbonyl (C=O) groups is 2. The summed E-state index contributed by atoms with van der Waals surface area (Å²) >= 11 is 0. The van der Waals surface area contributed by atoms with Gasteiger partial charge in [0.25, 0.3) is 5.91 Å². The summed E-state index contributed by atoms with van der Waals surface area (Å²) in [6, 6.07) is 19.4. The van der Waals surface area contributed by atoms with Crippen LogP contribution in [0.5, 0.6) is 0 Å². The number of hydrogen-bond donors (Lipinski definition) is 2. The number of ether oxygens (including phenoxy) is 1. The van der Waals surface area contributed by atoms with Crippen LogP contribution in [0.2, 0.25) is 0 Å². The average Bonchev–Trinajstić information content (AvgIpc) is 2.79. The minimum absolute atomic E-state index is 0.0294. The van der Waals surface area contributed by atoms with Crippen molar-refractivity contribution in [1.29, 1.82) is 0 Å². The van der Waals surface area contributed by atoms with Crippen molar-refractivity contribution in [2.24, 2.45) is 0 Å². The minimum Gasteiger partial charge on any atom is -0.462 e. The van der Waals surface area contributed by atoms with E-state index in [1.165, 1.54) is 12.1 Å². The predicted molar refractivity (Wildman–Crippen MR) is 118 cm³/mol. The molecule has 1 heterocycles. The molecular weight excluding hydrogens is 396 g/mol. The Hall–Kier alpha value is -4.13. The molecule has 3 rings (SSSR count). The molecular formula is C24H22N2O5. The largest absolute Gasteiger partial charge is 0.462 e. The smallest absolute Gasteiger partial charge is 0.360 e. The third-order valence-electron chi connectivity index (χ3n) is 4.26. The number of anilines is 1. The quantitative estimate of drug-likeness (QED) is 0.540. The Balaban J connectivity index is 1.82. The van der Waals surface area contributed by atoms with Crippen molar-refractivity contribution in [2.45, 2.75) is 13.5 Å². The predicted octanol–water partition coefficient (Wildman–Crippen LogP) is 3.83. The van der Waals surface area contributed by atoms with E-state index < -0.39 is 17.5 Å². The summed E-state index contributed by atoms with van der Waals surface area (Å²) in [5, 5.41) is 5.56. The summed E-state index contributed by atoms with van der Waals surface area (Å²) in [7, 11) is 0. The lowest BCUT2D eigenvalue weighted by atomic mass is 10.1. The van der Waals surface area contributed by atoms with E-state index in [1.54, 1.807) is 43.5 Å². The van der Waals surface area contributed by atoms with E-state index in [9.17, 15) is 14.4 Å². The van der Waals surface area contributed by atoms with E-state index in [2.05, 4.69) is 10.6 Å². The van der Waals surface area contributed by atoms with Crippen LogP contribution >= 0.6 is 0 Å². The van der Waals surface area contributed by atoms with Crippen LogP contribution < -0.4 is 16.3 Å². The Labute approximate surface area is 179 Å². The van der Waals surface area contributed by atoms with Crippen molar-refractivity contribution in [3.63, 3.8) is 0 Å². The highest BCUT2D eigenvalue weighted by molar-refractivity contribution is 6.04. The summed E-state index contributed by atoms with van der Waals surface area (Å²) in [5.74, 6) is -1.12. The maximum absolute atomic E-state index is 12.4. The number of hydrogen-bond acceptors (Lipinski definition) is 6. The molecule has 0 aliphatic heterocycles. The first-order chi connectivity index (χ1) is 15.1. The number of rotatable bonds is 8. The SMILES string of the molecule is CCOC(=O)c1cc(NC(=O)c2ccccc2)c(=O)oc1/C=C/NCc1ccccc1. The highest BCUT2D eigenvalue weighted by Gasteiger charge is 2.19. The van der Waals surface area contributed by atoms with Crippen molar-refractivity contribution >= 4 is 23.6 Å². The first kappa shape index (κ1) is 21.6. The lowest BCUT2D eigenvalue weighted by molar-refractivity contribution is 0.0522. The van der Waals surface area contributed by atoms with Gasteiger partial charge in [-0.05, 0) is 36.8 Å². The van der Waals surface area contributed by atoms with Gasteiger partial charge in [0.05, 0.1) is 6.61 Å². The van der Waals surface area contributed by atoms with E-state index in [1.807, 2.05) is 30.3 Å². The average molecular weight is 418 g/mol. The van der Waals surface area contributed by atoms with Crippen molar-refractivity contribution in [3.05, 3.63) is 106 Å². The lowest BCUT2D eigenvalue weighted by Crippen LogP contribution is -2.20. The van der Waals surface area contributed by atoms with Crippen LogP contribution in [0.4, 0.5) is 5.69 Å². The van der Waals surface area contributed by atoms with Crippen LogP contribution in [0.3, 0.4) is 0 Å². The summed E-state index contributed by atoms with van der Waals surface area (Å²) in [5.41, 5.74) is 0.542. The Bertz CT molecular complexity index is 1120. The third-order valence-corrected chi connectivity index (χ3v) is 4.26. The van der Waals surface area contributed by atoms with Gasteiger partial charge in [-0.25, -0.2) is 9.59 Å². The highest BCUT2D eigenvalue weighted by atomic mass is 16.5. The molecule has 0 atom stereocenters. The summed E-state index contributed by atoms with van der Waals surface area (Å²) in [4.78, 5) is 37.2. The van der Waals surface area contributed by atoms with E-state index in [-0.39, 0.29) is 23.6 Å². The van der Waals surface area contributed by atoms with E-state index >= 15 is 0 Å². The summed E-state index contributed by atoms with van der Waals surface area (Å²) < 4.78 is 10.4. The van der Waals surface area contributed by atoms with Gasteiger partial charge in [-0.2, -0.15) is 0 Å². The van der Waals surface area contributed by atoms with Crippen LogP contribution in [-0.4, -0.2) is 18.5 Å². The number of carbonyl (C=O) groups excluding carboxylic acids is 2. The zero-order chi connectivity index (χ0) is 22.1. The first-order valence-electron chi connectivity index (χ1n) is 9.74. The molecule has 0 fully saturated rings. The Morgan fingerprint density at radius 2 is 1.71 bits per heavy atom. The van der Waals surface area contributed by atoms with Gasteiger partial charge >= 0.3 is 11.6 Å². The second-order valence-electron chi connectivity index (χ2n) is 6.47. The molecule has 0 spiro atoms. The van der Waals surface area contributed by atoms with Gasteiger partial charge in [-0.1, -0.05) is 48.5 Å². The molecule has 0 unspecified atom stereocenters. The molecule has 0 aliphatic rings. The maximum atomic E-state index is 12.4. The topological polar surface area (TPSA) is 97.6 Å². The molecule has 0 radical (unpaired) electrons. The fourth-order valence-electron chi connectivity index (χ4n) is 2.75. The molecule has 31 heavy (non-hydrogen) atoms. The third kappa shape index (κ3) is 5.93. The van der Waals surface area contributed by atoms with Gasteiger partial charge in [0.15, 0.2) is 0 Å². The summed E-state index contributed by atoms with van der Waals surface area (Å²) in [6.45, 7) is 2.38. The minimum atomic E-state index is -0.778. The molecule has 7 heteroatoms. The molecule has 158 valence electrons. The normalized spacial score (nSPS) is 10.6. The van der Waals surface area contributed by atoms with Crippen molar-refractivity contribution in [2.75, 3.05) is 11.9 Å². The van der Waals surface area contributed by atoms with Crippen LogP contribution in [0.1, 0.15) is 39.0 Å². The van der Waals surface area contributed by atoms with Crippen LogP contribution in [0.15, 0.2) is 82.1 Å². The fourth-order valence-corrected chi connectivity index (χ4v) is 2.75. The Kier molecular flexibility index (Phi) is 7.37. The van der Waals surface area contributed by atoms with E-state index in [4.69, 9.17) is 9.15 Å². The fraction of sp³-hybridized carbons (Fsp3) is 0.125. The van der Waals surface area contributed by atoms with Gasteiger partial charge < -0.3 is 19.8 Å². The lowest BCUT2D eigenvalue weighted by Gasteiger charge is -2.09. The first-order valence-corrected chi connectivity index (χ1v) is 9.74. The molecule has 3 aromatic rings. The molecule has 7 nitrogen and oxygen atoms in total. The van der Waals surface area contributed by atoms with Crippen molar-refractivity contribution in [3.8, 4) is 0 Å². The Morgan fingerprint density at radius 3 is 2.39 bits per heavy atom. The number of amides is 1. The number of benzene rings is 2. The van der Waals surface area contributed by atoms with Gasteiger partial charge in [0.2, 0.25) is 0 Å². The number of esters is 1. The van der Waals surface area contributed by atoms with Crippen molar-refractivity contribution in [1.82, 2.24) is 5.32 Å². The zero-order valence-corrected chi connectivity index (χ0v) is 17.0. The van der Waals surface area contributed by atoms with Gasteiger partial charge in [0.1, 0.15) is 17.0 Å². The molecule has 0 saturated carbocycles. The van der Waals surface area contributed by atoms with E-state index in [0.29, 0.717) is 12.1 Å². The van der Waals surface area contributed by atoms with Crippen LogP contribution in [0.25, 0.3) is 6.08 Å². The maximum Gasteiger partial charge on any atom is 0.360 e. The van der Waals surface area contributed by atoms with E-state index in [0.717, 1.165) is 5.56 Å². The molecule has 2 aromatic carbocycles. The molecule has 0 saturated heterocycles. The second-order valence-corrected chi connectivity index (χ2v) is 6.47. The monoisotopic (exact) mass is 418 g/mol. The standard InChI is InChI=1S/C24H22N2O5/c1-2-30-23(28)19-15-20(26-22(27)18-11-7-4-8-12-18)24(29)31-21(19)13-14-25-16-17-9-5-3-6-10-17/h3-15,25H,2,16H2,1H3,(H,26,27)/b14-13+. The highest BCUT2D eigenvalue weighted by Crippen LogP contribution is 2.16. The molecule has 0 bridgehead atoms. The zero-order valence-electron chi connectivity index (χ0n) is 17.0. The van der Waals surface area contributed by atoms with Gasteiger partial charge in [0, 0.05) is 18.3 Å². The Morgan fingerprint density at radius 1 is 1.03 bits per heavy atom.